The highest BCUT2D eigenvalue weighted by atomic mass is 16.5. The van der Waals surface area contributed by atoms with Gasteiger partial charge in [-0.25, -0.2) is 0 Å². The van der Waals surface area contributed by atoms with Gasteiger partial charge in [-0.3, -0.25) is 14.5 Å². The van der Waals surface area contributed by atoms with Crippen molar-refractivity contribution in [3.63, 3.8) is 0 Å². The van der Waals surface area contributed by atoms with E-state index in [0.29, 0.717) is 11.1 Å². The Labute approximate surface area is 128 Å². The lowest BCUT2D eigenvalue weighted by Crippen LogP contribution is -2.32. The van der Waals surface area contributed by atoms with Crippen LogP contribution in [0.15, 0.2) is 48.5 Å². The Kier molecular flexibility index (Phi) is 2.79. The van der Waals surface area contributed by atoms with Crippen LogP contribution in [0.2, 0.25) is 0 Å². The minimum absolute atomic E-state index is 0.0270. The standard InChI is InChI=1S/C18H15NO3/c1-22-12-8-6-11(7-9-12)15-10-16(15)19-17(20)13-4-2-3-5-14(13)18(19)21/h2-9,15-16H,10H2,1H3/t15-,16-/m1/s1. The SMILES string of the molecule is COc1ccc([C@H]2C[C@H]2N2C(=O)c3ccccc3C2=O)cc1. The van der Waals surface area contributed by atoms with E-state index in [-0.39, 0.29) is 23.8 Å². The molecule has 2 atom stereocenters. The lowest BCUT2D eigenvalue weighted by molar-refractivity contribution is 0.0639. The highest BCUT2D eigenvalue weighted by molar-refractivity contribution is 6.21. The molecule has 2 aromatic carbocycles. The predicted molar refractivity (Wildman–Crippen MR) is 81.1 cm³/mol. The van der Waals surface area contributed by atoms with E-state index in [1.807, 2.05) is 24.3 Å². The van der Waals surface area contributed by atoms with E-state index < -0.39 is 0 Å². The molecule has 0 radical (unpaired) electrons. The Morgan fingerprint density at radius 2 is 1.55 bits per heavy atom. The van der Waals surface area contributed by atoms with E-state index in [4.69, 9.17) is 4.74 Å². The number of benzene rings is 2. The van der Waals surface area contributed by atoms with Gasteiger partial charge in [0.25, 0.3) is 11.8 Å². The molecule has 1 aliphatic carbocycles. The molecule has 0 saturated heterocycles. The van der Waals surface area contributed by atoms with Gasteiger partial charge in [-0.05, 0) is 36.2 Å². The Morgan fingerprint density at radius 1 is 0.955 bits per heavy atom. The van der Waals surface area contributed by atoms with Crippen LogP contribution >= 0.6 is 0 Å². The summed E-state index contributed by atoms with van der Waals surface area (Å²) in [5, 5.41) is 0. The Bertz CT molecular complexity index is 731. The minimum Gasteiger partial charge on any atom is -0.497 e. The number of amides is 2. The van der Waals surface area contributed by atoms with E-state index in [9.17, 15) is 9.59 Å². The molecule has 0 N–H and O–H groups in total. The van der Waals surface area contributed by atoms with Crippen molar-refractivity contribution in [2.75, 3.05) is 7.11 Å². The molecular formula is C18H15NO3. The largest absolute Gasteiger partial charge is 0.497 e. The average molecular weight is 293 g/mol. The van der Waals surface area contributed by atoms with Crippen LogP contribution in [-0.4, -0.2) is 29.9 Å². The molecule has 1 saturated carbocycles. The molecule has 1 fully saturated rings. The van der Waals surface area contributed by atoms with Crippen LogP contribution in [0.1, 0.15) is 38.6 Å². The van der Waals surface area contributed by atoms with Crippen LogP contribution in [0.4, 0.5) is 0 Å². The third-order valence-corrected chi connectivity index (χ3v) is 4.46. The van der Waals surface area contributed by atoms with Gasteiger partial charge in [0.15, 0.2) is 0 Å². The van der Waals surface area contributed by atoms with Crippen molar-refractivity contribution in [3.05, 3.63) is 65.2 Å². The summed E-state index contributed by atoms with van der Waals surface area (Å²) in [6, 6.07) is 14.8. The highest BCUT2D eigenvalue weighted by Crippen LogP contribution is 2.47. The first-order valence-electron chi connectivity index (χ1n) is 7.31. The van der Waals surface area contributed by atoms with Crippen LogP contribution in [0, 0.1) is 0 Å². The van der Waals surface area contributed by atoms with Crippen LogP contribution in [0.5, 0.6) is 5.75 Å². The molecule has 1 heterocycles. The zero-order valence-corrected chi connectivity index (χ0v) is 12.2. The van der Waals surface area contributed by atoms with E-state index in [1.54, 1.807) is 31.4 Å². The van der Waals surface area contributed by atoms with Crippen molar-refractivity contribution < 1.29 is 14.3 Å². The number of ether oxygens (including phenoxy) is 1. The van der Waals surface area contributed by atoms with Gasteiger partial charge in [0.2, 0.25) is 0 Å². The smallest absolute Gasteiger partial charge is 0.261 e. The lowest BCUT2D eigenvalue weighted by Gasteiger charge is -2.13. The molecule has 1 aliphatic heterocycles. The van der Waals surface area contributed by atoms with Gasteiger partial charge in [0.1, 0.15) is 5.75 Å². The monoisotopic (exact) mass is 293 g/mol. The topological polar surface area (TPSA) is 46.6 Å². The van der Waals surface area contributed by atoms with Gasteiger partial charge in [-0.1, -0.05) is 24.3 Å². The van der Waals surface area contributed by atoms with Crippen molar-refractivity contribution in [1.29, 1.82) is 0 Å². The van der Waals surface area contributed by atoms with E-state index in [2.05, 4.69) is 0 Å². The minimum atomic E-state index is -0.165. The summed E-state index contributed by atoms with van der Waals surface area (Å²) in [7, 11) is 1.63. The predicted octanol–water partition coefficient (Wildman–Crippen LogP) is 2.85. The molecule has 4 heteroatoms. The number of hydrogen-bond acceptors (Lipinski definition) is 3. The Morgan fingerprint density at radius 3 is 2.09 bits per heavy atom. The van der Waals surface area contributed by atoms with E-state index in [0.717, 1.165) is 17.7 Å². The summed E-state index contributed by atoms with van der Waals surface area (Å²) in [6.07, 6.45) is 0.831. The second-order valence-corrected chi connectivity index (χ2v) is 5.71. The maximum absolute atomic E-state index is 12.5. The average Bonchev–Trinajstić information content (AvgIpc) is 3.30. The molecule has 2 aliphatic rings. The number of carbonyl (C=O) groups excluding carboxylic acids is 2. The molecule has 2 aromatic rings. The number of imide groups is 1. The van der Waals surface area contributed by atoms with E-state index in [1.165, 1.54) is 4.90 Å². The molecule has 0 spiro atoms. The fourth-order valence-electron chi connectivity index (χ4n) is 3.19. The normalized spacial score (nSPS) is 22.7. The molecule has 110 valence electrons. The summed E-state index contributed by atoms with van der Waals surface area (Å²) in [5.41, 5.74) is 2.18. The van der Waals surface area contributed by atoms with Gasteiger partial charge in [-0.15, -0.1) is 0 Å². The fraction of sp³-hybridized carbons (Fsp3) is 0.222. The first-order chi connectivity index (χ1) is 10.7. The summed E-state index contributed by atoms with van der Waals surface area (Å²) in [4.78, 5) is 26.3. The second-order valence-electron chi connectivity index (χ2n) is 5.71. The zero-order valence-electron chi connectivity index (χ0n) is 12.2. The summed E-state index contributed by atoms with van der Waals surface area (Å²) in [5.74, 6) is 0.707. The zero-order chi connectivity index (χ0) is 15.3. The number of methoxy groups -OCH3 is 1. The summed E-state index contributed by atoms with van der Waals surface area (Å²) in [6.45, 7) is 0. The van der Waals surface area contributed by atoms with Crippen molar-refractivity contribution in [2.45, 2.75) is 18.4 Å². The van der Waals surface area contributed by atoms with Crippen molar-refractivity contribution >= 4 is 11.8 Å². The maximum Gasteiger partial charge on any atom is 0.261 e. The third-order valence-electron chi connectivity index (χ3n) is 4.46. The van der Waals surface area contributed by atoms with Crippen LogP contribution < -0.4 is 4.74 Å². The van der Waals surface area contributed by atoms with Gasteiger partial charge < -0.3 is 4.74 Å². The van der Waals surface area contributed by atoms with Gasteiger partial charge in [0, 0.05) is 12.0 Å². The van der Waals surface area contributed by atoms with Crippen LogP contribution in [0.25, 0.3) is 0 Å². The van der Waals surface area contributed by atoms with E-state index >= 15 is 0 Å². The summed E-state index contributed by atoms with van der Waals surface area (Å²) < 4.78 is 5.15. The van der Waals surface area contributed by atoms with Crippen molar-refractivity contribution in [1.82, 2.24) is 4.90 Å². The number of fused-ring (bicyclic) bond motifs is 1. The number of nitrogens with zero attached hydrogens (tertiary/aromatic N) is 1. The molecule has 0 unspecified atom stereocenters. The van der Waals surface area contributed by atoms with Gasteiger partial charge in [-0.2, -0.15) is 0 Å². The number of hydrogen-bond donors (Lipinski definition) is 0. The molecule has 4 nitrogen and oxygen atoms in total. The number of rotatable bonds is 3. The Hall–Kier alpha value is -2.62. The van der Waals surface area contributed by atoms with Crippen molar-refractivity contribution in [3.8, 4) is 5.75 Å². The third kappa shape index (κ3) is 1.84. The first kappa shape index (κ1) is 13.1. The maximum atomic E-state index is 12.5. The molecule has 22 heavy (non-hydrogen) atoms. The number of carbonyl (C=O) groups is 2. The van der Waals surface area contributed by atoms with Gasteiger partial charge >= 0.3 is 0 Å². The first-order valence-corrected chi connectivity index (χ1v) is 7.31. The molecule has 0 aromatic heterocycles. The van der Waals surface area contributed by atoms with Gasteiger partial charge in [0.05, 0.1) is 18.2 Å². The molecule has 0 bridgehead atoms. The second kappa shape index (κ2) is 4.70. The fourth-order valence-corrected chi connectivity index (χ4v) is 3.19. The van der Waals surface area contributed by atoms with Crippen LogP contribution in [-0.2, 0) is 0 Å². The van der Waals surface area contributed by atoms with Crippen LogP contribution in [0.3, 0.4) is 0 Å². The molecule has 2 amide bonds. The quantitative estimate of drug-likeness (QED) is 0.818. The van der Waals surface area contributed by atoms with Crippen molar-refractivity contribution in [2.24, 2.45) is 0 Å². The molecule has 4 rings (SSSR count). The molecular weight excluding hydrogens is 278 g/mol. The highest BCUT2D eigenvalue weighted by Gasteiger charge is 2.51. The lowest BCUT2D eigenvalue weighted by atomic mass is 10.1. The summed E-state index contributed by atoms with van der Waals surface area (Å²) >= 11 is 0. The Balaban J connectivity index is 1.58.